The van der Waals surface area contributed by atoms with Crippen LogP contribution in [0.5, 0.6) is 5.75 Å². The predicted molar refractivity (Wildman–Crippen MR) is 144 cm³/mol. The average Bonchev–Trinajstić information content (AvgIpc) is 3.47. The van der Waals surface area contributed by atoms with Gasteiger partial charge in [-0.2, -0.15) is 5.26 Å². The first kappa shape index (κ1) is 25.0. The molecule has 1 aromatic carbocycles. The zero-order valence-corrected chi connectivity index (χ0v) is 21.8. The lowest BCUT2D eigenvalue weighted by Crippen LogP contribution is -2.33. The summed E-state index contributed by atoms with van der Waals surface area (Å²) in [4.78, 5) is 30.9. The number of aromatic nitrogens is 1. The van der Waals surface area contributed by atoms with E-state index in [1.54, 1.807) is 23.5 Å². The molecule has 1 aromatic heterocycles. The molecule has 0 unspecified atom stereocenters. The van der Waals surface area contributed by atoms with Gasteiger partial charge >= 0.3 is 0 Å². The summed E-state index contributed by atoms with van der Waals surface area (Å²) in [6.07, 6.45) is 4.67. The lowest BCUT2D eigenvalue weighted by molar-refractivity contribution is -0.122. The van der Waals surface area contributed by atoms with Crippen LogP contribution in [0.2, 0.25) is 0 Å². The number of nitrogens with zero attached hydrogens (tertiary/aromatic N) is 4. The number of pyridine rings is 1. The van der Waals surface area contributed by atoms with Crippen molar-refractivity contribution in [1.82, 2.24) is 9.47 Å². The number of carbonyl (C=O) groups is 1. The summed E-state index contributed by atoms with van der Waals surface area (Å²) in [7, 11) is 1.61. The van der Waals surface area contributed by atoms with E-state index in [1.807, 2.05) is 37.3 Å². The number of rotatable bonds is 7. The molecule has 4 rings (SSSR count). The molecule has 2 saturated heterocycles. The number of thioether (sulfide) groups is 1. The first-order chi connectivity index (χ1) is 16.9. The third-order valence-electron chi connectivity index (χ3n) is 6.35. The number of carbonyl (C=O) groups excluding carboxylic acids is 1. The van der Waals surface area contributed by atoms with E-state index >= 15 is 0 Å². The van der Waals surface area contributed by atoms with E-state index in [1.165, 1.54) is 11.8 Å². The van der Waals surface area contributed by atoms with E-state index in [0.717, 1.165) is 55.0 Å². The Hall–Kier alpha value is -3.09. The number of anilines is 1. The van der Waals surface area contributed by atoms with Crippen molar-refractivity contribution in [3.05, 3.63) is 61.8 Å². The van der Waals surface area contributed by atoms with Crippen LogP contribution in [0.25, 0.3) is 6.08 Å². The van der Waals surface area contributed by atoms with E-state index in [4.69, 9.17) is 17.0 Å². The van der Waals surface area contributed by atoms with Crippen LogP contribution in [-0.4, -0.2) is 39.9 Å². The Kier molecular flexibility index (Phi) is 7.63. The Labute approximate surface area is 215 Å². The quantitative estimate of drug-likeness (QED) is 0.404. The normalized spacial score (nSPS) is 16.9. The number of hydrogen-bond donors (Lipinski definition) is 0. The summed E-state index contributed by atoms with van der Waals surface area (Å²) in [5.41, 5.74) is 2.16. The molecular weight excluding hydrogens is 480 g/mol. The number of ether oxygens (including phenoxy) is 1. The minimum atomic E-state index is -0.266. The van der Waals surface area contributed by atoms with Crippen LogP contribution in [0.3, 0.4) is 0 Å². The van der Waals surface area contributed by atoms with Gasteiger partial charge in [-0.1, -0.05) is 43.0 Å². The average molecular weight is 509 g/mol. The standard InChI is InChI=1S/C26H28N4O3S2/c1-4-11-29-23(28-12-5-6-13-28)20(17(2)21(15-27)24(29)31)14-22-25(32)30(26(34)35-22)16-18-7-9-19(33-3)10-8-18/h7-10,14H,4-6,11-13,16H2,1-3H3/b22-14+. The van der Waals surface area contributed by atoms with Crippen LogP contribution in [0, 0.1) is 18.3 Å². The van der Waals surface area contributed by atoms with Crippen molar-refractivity contribution >= 4 is 46.1 Å². The minimum absolute atomic E-state index is 0.126. The fourth-order valence-electron chi connectivity index (χ4n) is 4.53. The van der Waals surface area contributed by atoms with E-state index in [-0.39, 0.29) is 17.0 Å². The Morgan fingerprint density at radius 1 is 1.20 bits per heavy atom. The Morgan fingerprint density at radius 3 is 2.49 bits per heavy atom. The van der Waals surface area contributed by atoms with Crippen LogP contribution < -0.4 is 15.2 Å². The number of methoxy groups -OCH3 is 1. The summed E-state index contributed by atoms with van der Waals surface area (Å²) in [6.45, 7) is 6.36. The summed E-state index contributed by atoms with van der Waals surface area (Å²) in [5.74, 6) is 1.38. The second-order valence-electron chi connectivity index (χ2n) is 8.62. The van der Waals surface area contributed by atoms with Gasteiger partial charge in [0.15, 0.2) is 0 Å². The first-order valence-corrected chi connectivity index (χ1v) is 12.9. The van der Waals surface area contributed by atoms with Gasteiger partial charge in [-0.15, -0.1) is 0 Å². The molecule has 2 aliphatic heterocycles. The molecule has 0 saturated carbocycles. The third-order valence-corrected chi connectivity index (χ3v) is 7.73. The molecule has 7 nitrogen and oxygen atoms in total. The number of nitriles is 1. The molecule has 0 spiro atoms. The van der Waals surface area contributed by atoms with Crippen molar-refractivity contribution in [2.75, 3.05) is 25.1 Å². The van der Waals surface area contributed by atoms with E-state index < -0.39 is 0 Å². The van der Waals surface area contributed by atoms with Crippen LogP contribution in [0.1, 0.15) is 48.4 Å². The maximum absolute atomic E-state index is 13.4. The van der Waals surface area contributed by atoms with Gasteiger partial charge in [0.1, 0.15) is 27.5 Å². The summed E-state index contributed by atoms with van der Waals surface area (Å²) in [6, 6.07) is 9.64. The van der Waals surface area contributed by atoms with Crippen molar-refractivity contribution in [1.29, 1.82) is 5.26 Å². The summed E-state index contributed by atoms with van der Waals surface area (Å²) < 4.78 is 7.41. The topological polar surface area (TPSA) is 78.6 Å². The van der Waals surface area contributed by atoms with Gasteiger partial charge < -0.3 is 9.64 Å². The predicted octanol–water partition coefficient (Wildman–Crippen LogP) is 4.45. The number of amides is 1. The van der Waals surface area contributed by atoms with Crippen LogP contribution in [0.4, 0.5) is 5.82 Å². The summed E-state index contributed by atoms with van der Waals surface area (Å²) in [5, 5.41) is 9.76. The zero-order chi connectivity index (χ0) is 25.1. The van der Waals surface area contributed by atoms with Crippen LogP contribution >= 0.6 is 24.0 Å². The fourth-order valence-corrected chi connectivity index (χ4v) is 5.76. The van der Waals surface area contributed by atoms with Crippen molar-refractivity contribution in [2.45, 2.75) is 46.2 Å². The highest BCUT2D eigenvalue weighted by atomic mass is 32.2. The highest BCUT2D eigenvalue weighted by Gasteiger charge is 2.33. The molecule has 2 aliphatic rings. The lowest BCUT2D eigenvalue weighted by atomic mass is 10.0. The number of thiocarbonyl (C=S) groups is 1. The molecule has 9 heteroatoms. The second kappa shape index (κ2) is 10.7. The largest absolute Gasteiger partial charge is 0.497 e. The molecule has 0 aliphatic carbocycles. The molecule has 0 atom stereocenters. The number of benzene rings is 1. The molecule has 0 radical (unpaired) electrons. The van der Waals surface area contributed by atoms with E-state index in [0.29, 0.717) is 27.9 Å². The first-order valence-electron chi connectivity index (χ1n) is 11.7. The van der Waals surface area contributed by atoms with Crippen molar-refractivity contribution in [3.8, 4) is 11.8 Å². The maximum atomic E-state index is 13.4. The fraction of sp³-hybridized carbons (Fsp3) is 0.385. The van der Waals surface area contributed by atoms with Crippen LogP contribution in [0.15, 0.2) is 34.0 Å². The van der Waals surface area contributed by atoms with Crippen molar-refractivity contribution < 1.29 is 9.53 Å². The molecule has 182 valence electrons. The minimum Gasteiger partial charge on any atom is -0.497 e. The van der Waals surface area contributed by atoms with E-state index in [2.05, 4.69) is 11.0 Å². The zero-order valence-electron chi connectivity index (χ0n) is 20.2. The van der Waals surface area contributed by atoms with Crippen molar-refractivity contribution in [2.24, 2.45) is 0 Å². The highest BCUT2D eigenvalue weighted by molar-refractivity contribution is 8.26. The van der Waals surface area contributed by atoms with Gasteiger partial charge in [-0.3, -0.25) is 19.1 Å². The molecular formula is C26H28N4O3S2. The molecule has 35 heavy (non-hydrogen) atoms. The summed E-state index contributed by atoms with van der Waals surface area (Å²) >= 11 is 6.81. The number of hydrogen-bond acceptors (Lipinski definition) is 7. The SMILES string of the molecule is CCCn1c(N2CCCC2)c(/C=C2/SC(=S)N(Cc3ccc(OC)cc3)C2=O)c(C)c(C#N)c1=O. The molecule has 2 aromatic rings. The second-order valence-corrected chi connectivity index (χ2v) is 10.3. The van der Waals surface area contributed by atoms with Gasteiger partial charge in [-0.25, -0.2) is 0 Å². The third kappa shape index (κ3) is 4.86. The Balaban J connectivity index is 1.77. The molecule has 2 fully saturated rings. The van der Waals surface area contributed by atoms with Gasteiger partial charge in [0, 0.05) is 25.2 Å². The molecule has 0 N–H and O–H groups in total. The smallest absolute Gasteiger partial charge is 0.270 e. The van der Waals surface area contributed by atoms with Gasteiger partial charge in [-0.05, 0) is 55.5 Å². The monoisotopic (exact) mass is 508 g/mol. The van der Waals surface area contributed by atoms with Crippen LogP contribution in [-0.2, 0) is 17.9 Å². The van der Waals surface area contributed by atoms with Gasteiger partial charge in [0.2, 0.25) is 0 Å². The van der Waals surface area contributed by atoms with E-state index in [9.17, 15) is 14.9 Å². The maximum Gasteiger partial charge on any atom is 0.270 e. The molecule has 0 bridgehead atoms. The Morgan fingerprint density at radius 2 is 1.89 bits per heavy atom. The van der Waals surface area contributed by atoms with Gasteiger partial charge in [0.05, 0.1) is 18.6 Å². The highest BCUT2D eigenvalue weighted by Crippen LogP contribution is 2.37. The molecule has 3 heterocycles. The Bertz CT molecular complexity index is 1290. The van der Waals surface area contributed by atoms with Gasteiger partial charge in [0.25, 0.3) is 11.5 Å². The van der Waals surface area contributed by atoms with Crippen molar-refractivity contribution in [3.63, 3.8) is 0 Å². The molecule has 1 amide bonds. The lowest BCUT2D eigenvalue weighted by Gasteiger charge is -2.26.